The van der Waals surface area contributed by atoms with Crippen LogP contribution in [-0.2, 0) is 10.8 Å². The Morgan fingerprint density at radius 1 is 0.221 bits per heavy atom. The van der Waals surface area contributed by atoms with E-state index >= 15 is 0 Å². The van der Waals surface area contributed by atoms with Crippen LogP contribution in [-0.4, -0.2) is 0 Å². The summed E-state index contributed by atoms with van der Waals surface area (Å²) in [6.45, 7) is 9.52. The smallest absolute Gasteiger partial charge is 0.0468 e. The first-order chi connectivity index (χ1) is 42.1. The SMILES string of the molecule is CC1(C)c2cc(/C=C/c3ccc4c5ccc(/C=C/c6ccc7c(c6)C(C)(C)c6cc(N(c8ccccc8)c8ccc9ccccc9c8)ccc6-7)cc5c5ccccc5c4c3)ccc2-c2ccc(N(c3ccccc3)c3ccc4ccccc4c3)cc21. The van der Waals surface area contributed by atoms with Crippen molar-refractivity contribution in [2.75, 3.05) is 9.80 Å². The number of fused-ring (bicyclic) bond motifs is 14. The predicted octanol–water partition coefficient (Wildman–Crippen LogP) is 23.3. The third-order valence-electron chi connectivity index (χ3n) is 18.7. The fourth-order valence-electron chi connectivity index (χ4n) is 14.2. The van der Waals surface area contributed by atoms with E-state index in [9.17, 15) is 0 Å². The lowest BCUT2D eigenvalue weighted by Crippen LogP contribution is -2.16. The van der Waals surface area contributed by atoms with E-state index in [2.05, 4.69) is 341 Å². The summed E-state index contributed by atoms with van der Waals surface area (Å²) in [7, 11) is 0. The monoisotopic (exact) mass is 1100 g/mol. The van der Waals surface area contributed by atoms with Crippen LogP contribution in [0.2, 0.25) is 0 Å². The minimum Gasteiger partial charge on any atom is -0.310 e. The average molecular weight is 1100 g/mol. The second-order valence-corrected chi connectivity index (χ2v) is 24.5. The lowest BCUT2D eigenvalue weighted by molar-refractivity contribution is 0.660. The fourth-order valence-corrected chi connectivity index (χ4v) is 14.2. The van der Waals surface area contributed by atoms with Crippen molar-refractivity contribution in [1.82, 2.24) is 0 Å². The first-order valence-corrected chi connectivity index (χ1v) is 30.1. The van der Waals surface area contributed by atoms with Crippen molar-refractivity contribution in [2.24, 2.45) is 0 Å². The van der Waals surface area contributed by atoms with Gasteiger partial charge in [0.2, 0.25) is 0 Å². The van der Waals surface area contributed by atoms with Crippen LogP contribution in [0.3, 0.4) is 0 Å². The van der Waals surface area contributed by atoms with E-state index in [1.165, 1.54) is 121 Å². The van der Waals surface area contributed by atoms with E-state index in [1.807, 2.05) is 0 Å². The van der Waals surface area contributed by atoms with Gasteiger partial charge in [0, 0.05) is 45.0 Å². The first kappa shape index (κ1) is 51.1. The van der Waals surface area contributed by atoms with Crippen LogP contribution < -0.4 is 9.80 Å². The summed E-state index contributed by atoms with van der Waals surface area (Å²) >= 11 is 0. The number of hydrogen-bond acceptors (Lipinski definition) is 2. The lowest BCUT2D eigenvalue weighted by atomic mass is 9.81. The maximum absolute atomic E-state index is 2.42. The summed E-state index contributed by atoms with van der Waals surface area (Å²) in [4.78, 5) is 4.78. The highest BCUT2D eigenvalue weighted by Gasteiger charge is 2.38. The summed E-state index contributed by atoms with van der Waals surface area (Å²) in [5, 5.41) is 12.5. The molecule has 0 heterocycles. The van der Waals surface area contributed by atoms with Crippen LogP contribution in [0.1, 0.15) is 72.2 Å². The van der Waals surface area contributed by atoms with Gasteiger partial charge in [-0.25, -0.2) is 0 Å². The van der Waals surface area contributed by atoms with Gasteiger partial charge in [0.15, 0.2) is 0 Å². The van der Waals surface area contributed by atoms with Gasteiger partial charge in [0.25, 0.3) is 0 Å². The zero-order chi connectivity index (χ0) is 57.7. The van der Waals surface area contributed by atoms with E-state index < -0.39 is 0 Å². The molecule has 2 heteroatoms. The number of para-hydroxylation sites is 2. The van der Waals surface area contributed by atoms with Crippen molar-refractivity contribution >= 4 is 112 Å². The molecule has 0 N–H and O–H groups in total. The molecule has 0 atom stereocenters. The topological polar surface area (TPSA) is 6.48 Å². The van der Waals surface area contributed by atoms with Gasteiger partial charge >= 0.3 is 0 Å². The van der Waals surface area contributed by atoms with Crippen LogP contribution in [0.25, 0.3) is 100 Å². The summed E-state index contributed by atoms with van der Waals surface area (Å²) < 4.78 is 0. The van der Waals surface area contributed by atoms with E-state index in [0.29, 0.717) is 0 Å². The van der Waals surface area contributed by atoms with Crippen molar-refractivity contribution in [3.8, 4) is 22.3 Å². The summed E-state index contributed by atoms with van der Waals surface area (Å²) in [6, 6.07) is 103. The number of benzene rings is 14. The number of anilines is 6. The van der Waals surface area contributed by atoms with Gasteiger partial charge in [-0.2, -0.15) is 0 Å². The quantitative estimate of drug-likeness (QED) is 0.0995. The van der Waals surface area contributed by atoms with Gasteiger partial charge in [-0.05, 0) is 206 Å². The summed E-state index contributed by atoms with van der Waals surface area (Å²) in [5.74, 6) is 0. The van der Waals surface area contributed by atoms with Gasteiger partial charge in [0.1, 0.15) is 0 Å². The average Bonchev–Trinajstić information content (AvgIpc) is 1.94. The molecular weight excluding hydrogens is 1040 g/mol. The minimum absolute atomic E-state index is 0.195. The summed E-state index contributed by atoms with van der Waals surface area (Å²) in [6.07, 6.45) is 9.14. The molecule has 0 aromatic heterocycles. The molecule has 0 saturated heterocycles. The molecule has 0 radical (unpaired) electrons. The molecule has 16 rings (SSSR count). The highest BCUT2D eigenvalue weighted by molar-refractivity contribution is 6.26. The molecule has 2 nitrogen and oxygen atoms in total. The molecule has 14 aromatic rings. The van der Waals surface area contributed by atoms with Crippen LogP contribution in [0.5, 0.6) is 0 Å². The molecule has 0 aliphatic heterocycles. The molecule has 14 aromatic carbocycles. The third kappa shape index (κ3) is 8.54. The Morgan fingerprint density at radius 3 is 0.942 bits per heavy atom. The van der Waals surface area contributed by atoms with Gasteiger partial charge in [-0.3, -0.25) is 0 Å². The molecule has 2 aliphatic carbocycles. The van der Waals surface area contributed by atoms with Crippen LogP contribution in [0.4, 0.5) is 34.1 Å². The molecule has 0 spiro atoms. The van der Waals surface area contributed by atoms with Gasteiger partial charge in [-0.1, -0.05) is 246 Å². The van der Waals surface area contributed by atoms with Crippen LogP contribution >= 0.6 is 0 Å². The number of nitrogens with zero attached hydrogens (tertiary/aromatic N) is 2. The van der Waals surface area contributed by atoms with Crippen molar-refractivity contribution in [1.29, 1.82) is 0 Å². The normalized spacial score (nSPS) is 13.7. The Labute approximate surface area is 503 Å². The second kappa shape index (κ2) is 20.1. The van der Waals surface area contributed by atoms with E-state index in [-0.39, 0.29) is 10.8 Å². The Morgan fingerprint density at radius 2 is 0.523 bits per heavy atom. The molecule has 2 aliphatic rings. The largest absolute Gasteiger partial charge is 0.310 e. The highest BCUT2D eigenvalue weighted by atomic mass is 15.1. The van der Waals surface area contributed by atoms with Gasteiger partial charge < -0.3 is 9.80 Å². The zero-order valence-electron chi connectivity index (χ0n) is 48.8. The molecule has 86 heavy (non-hydrogen) atoms. The third-order valence-corrected chi connectivity index (χ3v) is 18.7. The maximum atomic E-state index is 2.42. The molecule has 0 amide bonds. The van der Waals surface area contributed by atoms with Gasteiger partial charge in [-0.15, -0.1) is 0 Å². The van der Waals surface area contributed by atoms with Crippen molar-refractivity contribution < 1.29 is 0 Å². The van der Waals surface area contributed by atoms with Crippen LogP contribution in [0.15, 0.2) is 279 Å². The Kier molecular flexibility index (Phi) is 11.9. The molecule has 408 valence electrons. The highest BCUT2D eigenvalue weighted by Crippen LogP contribution is 2.53. The standard InChI is InChI=1S/C84H62N2/c1-83(2)79-49-57(33-43-73(79)75-45-39-67(53-81(75)83)85(63-21-7-5-8-22-63)65-37-35-59-17-11-13-19-61(59)51-65)29-27-55-31-41-71-72-42-32-56(48-78(72)70-26-16-15-25-69(70)77(71)47-55)28-30-58-34-44-74-76-46-40-68(54-82(76)84(3,4)80(74)50-58)86(64-23-9-6-10-24-64)66-38-36-60-18-12-14-20-62(60)52-66/h5-54H,1-4H3/b29-27+,30-28+. The van der Waals surface area contributed by atoms with E-state index in [1.54, 1.807) is 0 Å². The van der Waals surface area contributed by atoms with Crippen LogP contribution in [0, 0.1) is 0 Å². The predicted molar refractivity (Wildman–Crippen MR) is 369 cm³/mol. The Hall–Kier alpha value is -10.5. The maximum Gasteiger partial charge on any atom is 0.0468 e. The van der Waals surface area contributed by atoms with Crippen molar-refractivity contribution in [2.45, 2.75) is 38.5 Å². The zero-order valence-corrected chi connectivity index (χ0v) is 48.8. The second-order valence-electron chi connectivity index (χ2n) is 24.5. The molecule has 0 fully saturated rings. The van der Waals surface area contributed by atoms with Gasteiger partial charge in [0.05, 0.1) is 0 Å². The van der Waals surface area contributed by atoms with Crippen molar-refractivity contribution in [3.63, 3.8) is 0 Å². The van der Waals surface area contributed by atoms with E-state index in [0.717, 1.165) is 34.1 Å². The molecular formula is C84H62N2. The molecule has 0 saturated carbocycles. The summed E-state index contributed by atoms with van der Waals surface area (Å²) in [5.41, 5.74) is 21.9. The fraction of sp³-hybridized carbons (Fsp3) is 0.0714. The minimum atomic E-state index is -0.195. The Balaban J connectivity index is 0.668. The van der Waals surface area contributed by atoms with E-state index in [4.69, 9.17) is 0 Å². The van der Waals surface area contributed by atoms with Crippen molar-refractivity contribution in [3.05, 3.63) is 324 Å². The molecule has 0 unspecified atom stereocenters. The Bertz CT molecular complexity index is 4780. The number of rotatable bonds is 10. The molecule has 0 bridgehead atoms. The number of hydrogen-bond donors (Lipinski definition) is 0. The lowest BCUT2D eigenvalue weighted by Gasteiger charge is -2.28. The first-order valence-electron chi connectivity index (χ1n) is 30.1.